The van der Waals surface area contributed by atoms with Gasteiger partial charge in [0.15, 0.2) is 5.65 Å². The van der Waals surface area contributed by atoms with Crippen LogP contribution in [0.1, 0.15) is 37.7 Å². The van der Waals surface area contributed by atoms with E-state index in [1.165, 1.54) is 0 Å². The highest BCUT2D eigenvalue weighted by molar-refractivity contribution is 6.33. The minimum atomic E-state index is -0.102. The second-order valence-corrected chi connectivity index (χ2v) is 5.96. The first-order valence-corrected chi connectivity index (χ1v) is 6.27. The normalized spacial score (nSPS) is 11.8. The summed E-state index contributed by atoms with van der Waals surface area (Å²) in [6, 6.07) is 4.11. The summed E-state index contributed by atoms with van der Waals surface area (Å²) in [5, 5.41) is 9.63. The van der Waals surface area contributed by atoms with Crippen molar-refractivity contribution in [2.24, 2.45) is 0 Å². The molecule has 4 heteroatoms. The SMILES string of the molecule is Cc1cc(Cl)c2nc(C(C)(C)C)c(CC#N)n2c1. The molecule has 0 saturated heterocycles. The van der Waals surface area contributed by atoms with Crippen molar-refractivity contribution >= 4 is 17.2 Å². The molecule has 94 valence electrons. The monoisotopic (exact) mass is 261 g/mol. The third kappa shape index (κ3) is 2.09. The lowest BCUT2D eigenvalue weighted by atomic mass is 9.90. The standard InChI is InChI=1S/C14H16ClN3/c1-9-7-10(15)13-17-12(14(2,3)4)11(5-6-16)18(13)8-9/h7-8H,5H2,1-4H3. The van der Waals surface area contributed by atoms with Crippen LogP contribution in [0.3, 0.4) is 0 Å². The van der Waals surface area contributed by atoms with Gasteiger partial charge in [-0.1, -0.05) is 32.4 Å². The van der Waals surface area contributed by atoms with Crippen LogP contribution in [-0.4, -0.2) is 9.38 Å². The van der Waals surface area contributed by atoms with Crippen LogP contribution in [0.5, 0.6) is 0 Å². The van der Waals surface area contributed by atoms with Gasteiger partial charge in [-0.15, -0.1) is 0 Å². The average Bonchev–Trinajstić information content (AvgIpc) is 2.58. The van der Waals surface area contributed by atoms with Gasteiger partial charge in [-0.3, -0.25) is 0 Å². The van der Waals surface area contributed by atoms with Gasteiger partial charge in [0.05, 0.1) is 28.9 Å². The predicted molar refractivity (Wildman–Crippen MR) is 73.0 cm³/mol. The molecule has 3 nitrogen and oxygen atoms in total. The Hall–Kier alpha value is -1.53. The van der Waals surface area contributed by atoms with E-state index < -0.39 is 0 Å². The summed E-state index contributed by atoms with van der Waals surface area (Å²) in [5.74, 6) is 0. The zero-order valence-corrected chi connectivity index (χ0v) is 11.8. The summed E-state index contributed by atoms with van der Waals surface area (Å²) < 4.78 is 1.95. The van der Waals surface area contributed by atoms with Crippen LogP contribution in [0.4, 0.5) is 0 Å². The van der Waals surface area contributed by atoms with Crippen LogP contribution in [0.25, 0.3) is 5.65 Å². The second-order valence-electron chi connectivity index (χ2n) is 5.55. The average molecular weight is 262 g/mol. The largest absolute Gasteiger partial charge is 0.301 e. The number of hydrogen-bond acceptors (Lipinski definition) is 2. The van der Waals surface area contributed by atoms with E-state index in [0.29, 0.717) is 11.4 Å². The number of aryl methyl sites for hydroxylation is 1. The highest BCUT2D eigenvalue weighted by atomic mass is 35.5. The van der Waals surface area contributed by atoms with Gasteiger partial charge in [0, 0.05) is 11.6 Å². The van der Waals surface area contributed by atoms with Crippen molar-refractivity contribution in [1.29, 1.82) is 5.26 Å². The van der Waals surface area contributed by atoms with E-state index in [1.807, 2.05) is 23.6 Å². The van der Waals surface area contributed by atoms with E-state index in [4.69, 9.17) is 16.9 Å². The third-order valence-corrected chi connectivity index (χ3v) is 3.15. The molecule has 0 N–H and O–H groups in total. The molecule has 2 heterocycles. The molecule has 0 aliphatic rings. The Balaban J connectivity index is 2.85. The first-order valence-electron chi connectivity index (χ1n) is 5.89. The summed E-state index contributed by atoms with van der Waals surface area (Å²) in [6.45, 7) is 8.27. The zero-order valence-electron chi connectivity index (χ0n) is 11.1. The van der Waals surface area contributed by atoms with Gasteiger partial charge >= 0.3 is 0 Å². The van der Waals surface area contributed by atoms with E-state index in [-0.39, 0.29) is 5.41 Å². The molecule has 0 unspecified atom stereocenters. The summed E-state index contributed by atoms with van der Waals surface area (Å²) >= 11 is 6.23. The predicted octanol–water partition coefficient (Wildman–Crippen LogP) is 3.66. The lowest BCUT2D eigenvalue weighted by molar-refractivity contribution is 0.566. The second kappa shape index (κ2) is 4.29. The van der Waals surface area contributed by atoms with Gasteiger partial charge in [0.25, 0.3) is 0 Å². The van der Waals surface area contributed by atoms with Gasteiger partial charge in [-0.2, -0.15) is 5.26 Å². The van der Waals surface area contributed by atoms with Gasteiger partial charge in [-0.05, 0) is 18.6 Å². The van der Waals surface area contributed by atoms with Gasteiger partial charge < -0.3 is 4.40 Å². The van der Waals surface area contributed by atoms with Gasteiger partial charge in [-0.25, -0.2) is 4.98 Å². The van der Waals surface area contributed by atoms with Crippen LogP contribution in [0.2, 0.25) is 5.02 Å². The molecule has 0 atom stereocenters. The molecule has 0 bridgehead atoms. The number of rotatable bonds is 1. The maximum Gasteiger partial charge on any atom is 0.156 e. The topological polar surface area (TPSA) is 41.1 Å². The number of fused-ring (bicyclic) bond motifs is 1. The fourth-order valence-electron chi connectivity index (χ4n) is 2.12. The van der Waals surface area contributed by atoms with Crippen molar-refractivity contribution in [2.45, 2.75) is 39.5 Å². The van der Waals surface area contributed by atoms with Crippen molar-refractivity contribution < 1.29 is 0 Å². The molecule has 2 aromatic heterocycles. The molecule has 0 aliphatic carbocycles. The fourth-order valence-corrected chi connectivity index (χ4v) is 2.43. The van der Waals surface area contributed by atoms with Crippen LogP contribution in [0.15, 0.2) is 12.3 Å². The minimum Gasteiger partial charge on any atom is -0.301 e. The van der Waals surface area contributed by atoms with E-state index in [2.05, 4.69) is 31.8 Å². The Bertz CT molecular complexity index is 642. The Kier molecular flexibility index (Phi) is 3.08. The number of nitriles is 1. The lowest BCUT2D eigenvalue weighted by Crippen LogP contribution is -2.14. The molecule has 0 spiro atoms. The zero-order chi connectivity index (χ0) is 13.5. The fraction of sp³-hybridized carbons (Fsp3) is 0.429. The Morgan fingerprint density at radius 2 is 2.11 bits per heavy atom. The highest BCUT2D eigenvalue weighted by Crippen LogP contribution is 2.29. The van der Waals surface area contributed by atoms with E-state index >= 15 is 0 Å². The quantitative estimate of drug-likeness (QED) is 0.786. The summed E-state index contributed by atoms with van der Waals surface area (Å²) in [5.41, 5.74) is 3.57. The van der Waals surface area contributed by atoms with Crippen molar-refractivity contribution in [3.05, 3.63) is 34.2 Å². The molecule has 0 saturated carbocycles. The first-order chi connectivity index (χ1) is 8.34. The third-order valence-electron chi connectivity index (χ3n) is 2.87. The molecule has 2 rings (SSSR count). The molecule has 2 aromatic rings. The number of hydrogen-bond donors (Lipinski definition) is 0. The summed E-state index contributed by atoms with van der Waals surface area (Å²) in [6.07, 6.45) is 2.32. The number of imidazole rings is 1. The van der Waals surface area contributed by atoms with Crippen molar-refractivity contribution in [3.8, 4) is 6.07 Å². The Morgan fingerprint density at radius 3 is 2.67 bits per heavy atom. The molecule has 0 aromatic carbocycles. The van der Waals surface area contributed by atoms with E-state index in [0.717, 1.165) is 22.6 Å². The number of aromatic nitrogens is 2. The molecule has 0 radical (unpaired) electrons. The maximum absolute atomic E-state index is 9.00. The molecule has 0 aliphatic heterocycles. The van der Waals surface area contributed by atoms with E-state index in [9.17, 15) is 0 Å². The summed E-state index contributed by atoms with van der Waals surface area (Å²) in [4.78, 5) is 4.62. The molecular weight excluding hydrogens is 246 g/mol. The molecule has 0 fully saturated rings. The van der Waals surface area contributed by atoms with Crippen molar-refractivity contribution in [1.82, 2.24) is 9.38 Å². The Labute approximate surface area is 112 Å². The number of halogens is 1. The van der Waals surface area contributed by atoms with Crippen LogP contribution in [-0.2, 0) is 11.8 Å². The molecule has 0 amide bonds. The van der Waals surface area contributed by atoms with E-state index in [1.54, 1.807) is 0 Å². The summed E-state index contributed by atoms with van der Waals surface area (Å²) in [7, 11) is 0. The van der Waals surface area contributed by atoms with Crippen LogP contribution in [0, 0.1) is 18.3 Å². The van der Waals surface area contributed by atoms with Crippen LogP contribution < -0.4 is 0 Å². The highest BCUT2D eigenvalue weighted by Gasteiger charge is 2.24. The smallest absolute Gasteiger partial charge is 0.156 e. The van der Waals surface area contributed by atoms with Crippen LogP contribution >= 0.6 is 11.6 Å². The van der Waals surface area contributed by atoms with Crippen molar-refractivity contribution in [2.75, 3.05) is 0 Å². The molecule has 18 heavy (non-hydrogen) atoms. The molecular formula is C14H16ClN3. The Morgan fingerprint density at radius 1 is 1.44 bits per heavy atom. The van der Waals surface area contributed by atoms with Gasteiger partial charge in [0.2, 0.25) is 0 Å². The number of pyridine rings is 1. The first kappa shape index (κ1) is 12.9. The minimum absolute atomic E-state index is 0.102. The number of nitrogens with zero attached hydrogens (tertiary/aromatic N) is 3. The van der Waals surface area contributed by atoms with Gasteiger partial charge in [0.1, 0.15) is 0 Å². The lowest BCUT2D eigenvalue weighted by Gasteiger charge is -2.16. The van der Waals surface area contributed by atoms with Crippen molar-refractivity contribution in [3.63, 3.8) is 0 Å². The maximum atomic E-state index is 9.00.